The molecule has 3 heteroatoms. The number of ether oxygens (including phenoxy) is 1. The average molecular weight is 206 g/mol. The first-order valence-electron chi connectivity index (χ1n) is 4.87. The van der Waals surface area contributed by atoms with E-state index >= 15 is 0 Å². The lowest BCUT2D eigenvalue weighted by Crippen LogP contribution is -2.16. The molecular formula is C12H11FO2. The Kier molecular flexibility index (Phi) is 2.81. The Morgan fingerprint density at radius 3 is 2.73 bits per heavy atom. The zero-order valence-electron chi connectivity index (χ0n) is 8.15. The lowest BCUT2D eigenvalue weighted by atomic mass is 10.1. The summed E-state index contributed by atoms with van der Waals surface area (Å²) in [5, 5.41) is 0. The molecule has 1 unspecified atom stereocenters. The van der Waals surface area contributed by atoms with Crippen LogP contribution in [0.3, 0.4) is 0 Å². The number of carbonyl (C=O) groups is 1. The summed E-state index contributed by atoms with van der Waals surface area (Å²) in [7, 11) is 0. The highest BCUT2D eigenvalue weighted by Crippen LogP contribution is 2.24. The van der Waals surface area contributed by atoms with Gasteiger partial charge in [0.2, 0.25) is 0 Å². The van der Waals surface area contributed by atoms with E-state index < -0.39 is 0 Å². The van der Waals surface area contributed by atoms with Gasteiger partial charge in [-0.3, -0.25) is 4.79 Å². The molecule has 1 aliphatic heterocycles. The van der Waals surface area contributed by atoms with Crippen LogP contribution in [0.1, 0.15) is 18.4 Å². The second kappa shape index (κ2) is 4.26. The van der Waals surface area contributed by atoms with E-state index in [2.05, 4.69) is 0 Å². The molecule has 0 saturated heterocycles. The molecule has 15 heavy (non-hydrogen) atoms. The number of hydrogen-bond acceptors (Lipinski definition) is 2. The van der Waals surface area contributed by atoms with Crippen LogP contribution in [0.4, 0.5) is 4.39 Å². The van der Waals surface area contributed by atoms with Gasteiger partial charge >= 0.3 is 0 Å². The van der Waals surface area contributed by atoms with Crippen molar-refractivity contribution in [2.45, 2.75) is 18.9 Å². The summed E-state index contributed by atoms with van der Waals surface area (Å²) in [6.45, 7) is 0. The first-order valence-corrected chi connectivity index (χ1v) is 4.87. The van der Waals surface area contributed by atoms with E-state index in [0.717, 1.165) is 18.3 Å². The van der Waals surface area contributed by atoms with Gasteiger partial charge in [-0.15, -0.1) is 0 Å². The molecule has 78 valence electrons. The normalized spacial score (nSPS) is 20.3. The van der Waals surface area contributed by atoms with Gasteiger partial charge < -0.3 is 4.74 Å². The highest BCUT2D eigenvalue weighted by Gasteiger charge is 2.16. The summed E-state index contributed by atoms with van der Waals surface area (Å²) in [5.74, 6) is 0.389. The van der Waals surface area contributed by atoms with Crippen LogP contribution in [0.2, 0.25) is 0 Å². The number of rotatable bonds is 2. The lowest BCUT2D eigenvalue weighted by Gasteiger charge is -2.20. The zero-order valence-corrected chi connectivity index (χ0v) is 8.15. The summed E-state index contributed by atoms with van der Waals surface area (Å²) in [6.07, 6.45) is 3.89. The number of carbonyl (C=O) groups excluding carboxylic acids is 1. The molecule has 0 bridgehead atoms. The summed E-state index contributed by atoms with van der Waals surface area (Å²) < 4.78 is 18.1. The SMILES string of the molecule is O=CC1CCC=C(c2ccc(F)cc2)O1. The Bertz CT molecular complexity index is 381. The minimum Gasteiger partial charge on any atom is -0.483 e. The van der Waals surface area contributed by atoms with E-state index in [1.807, 2.05) is 6.08 Å². The van der Waals surface area contributed by atoms with Crippen LogP contribution in [-0.4, -0.2) is 12.4 Å². The minimum atomic E-state index is -0.366. The molecule has 1 atom stereocenters. The second-order valence-electron chi connectivity index (χ2n) is 3.45. The van der Waals surface area contributed by atoms with Gasteiger partial charge in [0.1, 0.15) is 11.6 Å². The highest BCUT2D eigenvalue weighted by molar-refractivity contribution is 5.65. The Morgan fingerprint density at radius 2 is 2.07 bits per heavy atom. The van der Waals surface area contributed by atoms with Crippen LogP contribution in [0.15, 0.2) is 30.3 Å². The van der Waals surface area contributed by atoms with Crippen LogP contribution >= 0.6 is 0 Å². The van der Waals surface area contributed by atoms with Crippen molar-refractivity contribution >= 4 is 12.0 Å². The van der Waals surface area contributed by atoms with E-state index in [4.69, 9.17) is 4.74 Å². The predicted molar refractivity (Wildman–Crippen MR) is 54.5 cm³/mol. The molecule has 0 amide bonds. The number of allylic oxidation sites excluding steroid dienone is 1. The summed E-state index contributed by atoms with van der Waals surface area (Å²) in [5.41, 5.74) is 0.808. The van der Waals surface area contributed by atoms with Gasteiger partial charge in [0.05, 0.1) is 0 Å². The number of benzene rings is 1. The third-order valence-electron chi connectivity index (χ3n) is 2.34. The average Bonchev–Trinajstić information content (AvgIpc) is 2.30. The first kappa shape index (κ1) is 9.90. The van der Waals surface area contributed by atoms with Gasteiger partial charge in [-0.05, 0) is 43.2 Å². The summed E-state index contributed by atoms with van der Waals surface area (Å²) in [6, 6.07) is 6.05. The molecular weight excluding hydrogens is 195 g/mol. The maximum atomic E-state index is 12.7. The number of hydrogen-bond donors (Lipinski definition) is 0. The highest BCUT2D eigenvalue weighted by atomic mass is 19.1. The van der Waals surface area contributed by atoms with Crippen LogP contribution in [0, 0.1) is 5.82 Å². The molecule has 2 nitrogen and oxygen atoms in total. The van der Waals surface area contributed by atoms with Gasteiger partial charge in [-0.25, -0.2) is 4.39 Å². The van der Waals surface area contributed by atoms with Gasteiger partial charge in [0.15, 0.2) is 12.4 Å². The van der Waals surface area contributed by atoms with Crippen LogP contribution in [0.25, 0.3) is 5.76 Å². The third-order valence-corrected chi connectivity index (χ3v) is 2.34. The van der Waals surface area contributed by atoms with Gasteiger partial charge in [-0.2, -0.15) is 0 Å². The molecule has 0 aromatic heterocycles. The van der Waals surface area contributed by atoms with Gasteiger partial charge in [0.25, 0.3) is 0 Å². The Morgan fingerprint density at radius 1 is 1.33 bits per heavy atom. The minimum absolute atomic E-state index is 0.276. The fourth-order valence-electron chi connectivity index (χ4n) is 1.54. The quantitative estimate of drug-likeness (QED) is 0.695. The number of aldehydes is 1. The second-order valence-corrected chi connectivity index (χ2v) is 3.45. The van der Waals surface area contributed by atoms with Crippen molar-refractivity contribution in [1.29, 1.82) is 0 Å². The monoisotopic (exact) mass is 206 g/mol. The number of halogens is 1. The van der Waals surface area contributed by atoms with Crippen molar-refractivity contribution in [2.75, 3.05) is 0 Å². The Hall–Kier alpha value is -1.64. The van der Waals surface area contributed by atoms with Crippen LogP contribution in [-0.2, 0) is 9.53 Å². The van der Waals surface area contributed by atoms with E-state index in [1.165, 1.54) is 12.1 Å². The molecule has 1 aromatic carbocycles. The first-order chi connectivity index (χ1) is 7.29. The summed E-state index contributed by atoms with van der Waals surface area (Å²) in [4.78, 5) is 10.6. The van der Waals surface area contributed by atoms with Gasteiger partial charge in [-0.1, -0.05) is 0 Å². The van der Waals surface area contributed by atoms with E-state index in [1.54, 1.807) is 12.1 Å². The molecule has 0 spiro atoms. The maximum Gasteiger partial charge on any atom is 0.160 e. The van der Waals surface area contributed by atoms with E-state index in [0.29, 0.717) is 12.2 Å². The fourth-order valence-corrected chi connectivity index (χ4v) is 1.54. The molecule has 1 heterocycles. The van der Waals surface area contributed by atoms with Crippen molar-refractivity contribution < 1.29 is 13.9 Å². The Labute approximate surface area is 87.4 Å². The third kappa shape index (κ3) is 2.24. The summed E-state index contributed by atoms with van der Waals surface area (Å²) >= 11 is 0. The van der Waals surface area contributed by atoms with E-state index in [-0.39, 0.29) is 11.9 Å². The van der Waals surface area contributed by atoms with E-state index in [9.17, 15) is 9.18 Å². The molecule has 0 N–H and O–H groups in total. The van der Waals surface area contributed by atoms with Gasteiger partial charge in [0, 0.05) is 5.56 Å². The molecule has 2 rings (SSSR count). The van der Waals surface area contributed by atoms with Crippen LogP contribution < -0.4 is 0 Å². The maximum absolute atomic E-state index is 12.7. The standard InChI is InChI=1S/C12H11FO2/c13-10-6-4-9(5-7-10)12-3-1-2-11(8-14)15-12/h3-8,11H,1-2H2. The molecule has 0 aliphatic carbocycles. The molecule has 0 fully saturated rings. The molecule has 0 radical (unpaired) electrons. The molecule has 1 aromatic rings. The smallest absolute Gasteiger partial charge is 0.160 e. The zero-order chi connectivity index (χ0) is 10.7. The van der Waals surface area contributed by atoms with Crippen molar-refractivity contribution in [3.05, 3.63) is 41.7 Å². The Balaban J connectivity index is 2.20. The van der Waals surface area contributed by atoms with Crippen molar-refractivity contribution in [3.8, 4) is 0 Å². The molecule has 0 saturated carbocycles. The van der Waals surface area contributed by atoms with Crippen molar-refractivity contribution in [3.63, 3.8) is 0 Å². The van der Waals surface area contributed by atoms with Crippen molar-refractivity contribution in [2.24, 2.45) is 0 Å². The van der Waals surface area contributed by atoms with Crippen LogP contribution in [0.5, 0.6) is 0 Å². The fraction of sp³-hybridized carbons (Fsp3) is 0.250. The lowest BCUT2D eigenvalue weighted by molar-refractivity contribution is -0.115. The topological polar surface area (TPSA) is 26.3 Å². The largest absolute Gasteiger partial charge is 0.483 e. The van der Waals surface area contributed by atoms with Crippen molar-refractivity contribution in [1.82, 2.24) is 0 Å². The predicted octanol–water partition coefficient (Wildman–Crippen LogP) is 2.54. The molecule has 1 aliphatic rings.